The molecule has 1 aliphatic carbocycles. The van der Waals surface area contributed by atoms with E-state index in [2.05, 4.69) is 14.9 Å². The molecule has 0 bridgehead atoms. The number of fused-ring (bicyclic) bond motifs is 1. The summed E-state index contributed by atoms with van der Waals surface area (Å²) in [7, 11) is 0. The molecule has 3 heterocycles. The second-order valence-corrected chi connectivity index (χ2v) is 7.84. The number of likely N-dealkylation sites (tertiary alicyclic amines) is 2. The summed E-state index contributed by atoms with van der Waals surface area (Å²) >= 11 is 0. The first-order valence-corrected chi connectivity index (χ1v) is 9.36. The molecule has 1 aromatic rings. The number of piperidine rings is 2. The molecule has 0 unspecified atom stereocenters. The van der Waals surface area contributed by atoms with Gasteiger partial charge in [-0.15, -0.1) is 0 Å². The van der Waals surface area contributed by atoms with Crippen LogP contribution in [0.3, 0.4) is 0 Å². The van der Waals surface area contributed by atoms with Crippen molar-refractivity contribution >= 4 is 5.91 Å². The van der Waals surface area contributed by atoms with Crippen LogP contribution in [0.25, 0.3) is 0 Å². The topological polar surface area (TPSA) is 72.5 Å². The fourth-order valence-corrected chi connectivity index (χ4v) is 4.74. The lowest BCUT2D eigenvalue weighted by molar-refractivity contribution is -0.150. The SMILES string of the molecule is O=C(C1CCCC1)N1CC[C@@]2(O)CCN(Cc3ncc[nH]3)C[C@H]2C1. The quantitative estimate of drug-likeness (QED) is 0.877. The molecule has 132 valence electrons. The van der Waals surface area contributed by atoms with Gasteiger partial charge < -0.3 is 15.0 Å². The number of amides is 1. The Morgan fingerprint density at radius 1 is 1.29 bits per heavy atom. The van der Waals surface area contributed by atoms with Gasteiger partial charge in [-0.3, -0.25) is 9.69 Å². The molecular weight excluding hydrogens is 304 g/mol. The van der Waals surface area contributed by atoms with Crippen LogP contribution < -0.4 is 0 Å². The van der Waals surface area contributed by atoms with E-state index in [1.54, 1.807) is 6.20 Å². The van der Waals surface area contributed by atoms with E-state index in [4.69, 9.17) is 0 Å². The molecule has 0 radical (unpaired) electrons. The van der Waals surface area contributed by atoms with Gasteiger partial charge in [-0.05, 0) is 25.7 Å². The maximum absolute atomic E-state index is 12.7. The van der Waals surface area contributed by atoms with Gasteiger partial charge in [0.25, 0.3) is 0 Å². The first kappa shape index (κ1) is 16.1. The molecule has 2 N–H and O–H groups in total. The molecular formula is C18H28N4O2. The molecule has 1 aromatic heterocycles. The summed E-state index contributed by atoms with van der Waals surface area (Å²) in [6, 6.07) is 0. The van der Waals surface area contributed by atoms with Crippen LogP contribution in [-0.2, 0) is 11.3 Å². The number of rotatable bonds is 3. The Bertz CT molecular complexity index is 570. The number of H-pyrrole nitrogens is 1. The van der Waals surface area contributed by atoms with Crippen molar-refractivity contribution in [1.82, 2.24) is 19.8 Å². The van der Waals surface area contributed by atoms with Crippen LogP contribution in [-0.4, -0.2) is 62.6 Å². The minimum atomic E-state index is -0.591. The molecule has 2 aliphatic heterocycles. The number of carbonyl (C=O) groups excluding carboxylic acids is 1. The van der Waals surface area contributed by atoms with Crippen LogP contribution in [0.2, 0.25) is 0 Å². The fraction of sp³-hybridized carbons (Fsp3) is 0.778. The summed E-state index contributed by atoms with van der Waals surface area (Å²) in [6.07, 6.45) is 9.62. The van der Waals surface area contributed by atoms with Crippen molar-refractivity contribution in [3.05, 3.63) is 18.2 Å². The average Bonchev–Trinajstić information content (AvgIpc) is 3.27. The largest absolute Gasteiger partial charge is 0.389 e. The van der Waals surface area contributed by atoms with E-state index in [0.29, 0.717) is 12.5 Å². The zero-order valence-electron chi connectivity index (χ0n) is 14.3. The minimum Gasteiger partial charge on any atom is -0.389 e. The smallest absolute Gasteiger partial charge is 0.225 e. The van der Waals surface area contributed by atoms with Gasteiger partial charge in [0.1, 0.15) is 5.82 Å². The molecule has 0 spiro atoms. The van der Waals surface area contributed by atoms with Crippen LogP contribution in [0.15, 0.2) is 12.4 Å². The third-order valence-corrected chi connectivity index (χ3v) is 6.30. The van der Waals surface area contributed by atoms with Crippen LogP contribution in [0, 0.1) is 11.8 Å². The predicted octanol–water partition coefficient (Wildman–Crippen LogP) is 1.39. The molecule has 1 saturated carbocycles. The Hall–Kier alpha value is -1.40. The molecule has 6 heteroatoms. The van der Waals surface area contributed by atoms with E-state index in [0.717, 1.165) is 57.7 Å². The summed E-state index contributed by atoms with van der Waals surface area (Å²) in [6.45, 7) is 3.95. The fourth-order valence-electron chi connectivity index (χ4n) is 4.74. The van der Waals surface area contributed by atoms with Crippen LogP contribution in [0.1, 0.15) is 44.3 Å². The molecule has 6 nitrogen and oxygen atoms in total. The first-order chi connectivity index (χ1) is 11.6. The van der Waals surface area contributed by atoms with E-state index >= 15 is 0 Å². The lowest BCUT2D eigenvalue weighted by atomic mass is 9.75. The molecule has 1 amide bonds. The Morgan fingerprint density at radius 2 is 2.08 bits per heavy atom. The van der Waals surface area contributed by atoms with Crippen molar-refractivity contribution in [2.75, 3.05) is 26.2 Å². The number of imidazole rings is 1. The lowest BCUT2D eigenvalue weighted by Gasteiger charge is -2.50. The van der Waals surface area contributed by atoms with Gasteiger partial charge in [0.05, 0.1) is 12.1 Å². The van der Waals surface area contributed by atoms with Gasteiger partial charge in [-0.2, -0.15) is 0 Å². The number of aromatic nitrogens is 2. The molecule has 24 heavy (non-hydrogen) atoms. The monoisotopic (exact) mass is 332 g/mol. The highest BCUT2D eigenvalue weighted by molar-refractivity contribution is 5.79. The van der Waals surface area contributed by atoms with Crippen molar-refractivity contribution < 1.29 is 9.90 Å². The van der Waals surface area contributed by atoms with Crippen LogP contribution in [0.5, 0.6) is 0 Å². The summed E-state index contributed by atoms with van der Waals surface area (Å²) in [5.74, 6) is 1.69. The maximum Gasteiger partial charge on any atom is 0.225 e. The number of hydrogen-bond donors (Lipinski definition) is 2. The van der Waals surface area contributed by atoms with Crippen LogP contribution >= 0.6 is 0 Å². The van der Waals surface area contributed by atoms with Crippen molar-refractivity contribution in [3.63, 3.8) is 0 Å². The number of nitrogens with one attached hydrogen (secondary N) is 1. The van der Waals surface area contributed by atoms with Crippen LogP contribution in [0.4, 0.5) is 0 Å². The lowest BCUT2D eigenvalue weighted by Crippen LogP contribution is -2.61. The highest BCUT2D eigenvalue weighted by atomic mass is 16.3. The average molecular weight is 332 g/mol. The number of carbonyl (C=O) groups is 1. The third kappa shape index (κ3) is 3.09. The number of nitrogens with zero attached hydrogens (tertiary/aromatic N) is 3. The normalized spacial score (nSPS) is 32.0. The summed E-state index contributed by atoms with van der Waals surface area (Å²) < 4.78 is 0. The predicted molar refractivity (Wildman–Crippen MR) is 90.1 cm³/mol. The molecule has 3 aliphatic rings. The van der Waals surface area contributed by atoms with Gasteiger partial charge in [-0.25, -0.2) is 4.98 Å². The summed E-state index contributed by atoms with van der Waals surface area (Å²) in [4.78, 5) is 24.6. The van der Waals surface area contributed by atoms with Crippen molar-refractivity contribution in [2.45, 2.75) is 50.7 Å². The highest BCUT2D eigenvalue weighted by Gasteiger charge is 2.46. The molecule has 4 rings (SSSR count). The maximum atomic E-state index is 12.7. The Balaban J connectivity index is 1.40. The standard InChI is InChI=1S/C18H28N4O2/c23-17(14-3-1-2-4-14)22-10-6-18(24)5-9-21(11-15(18)12-22)13-16-19-7-8-20-16/h7-8,14-15,24H,1-6,9-13H2,(H,19,20)/t15-,18-/m0/s1. The molecule has 2 saturated heterocycles. The highest BCUT2D eigenvalue weighted by Crippen LogP contribution is 2.37. The van der Waals surface area contributed by atoms with Gasteiger partial charge in [0.15, 0.2) is 0 Å². The Labute approximate surface area is 143 Å². The van der Waals surface area contributed by atoms with E-state index in [-0.39, 0.29) is 11.8 Å². The van der Waals surface area contributed by atoms with Gasteiger partial charge in [-0.1, -0.05) is 12.8 Å². The van der Waals surface area contributed by atoms with Crippen molar-refractivity contribution in [2.24, 2.45) is 11.8 Å². The third-order valence-electron chi connectivity index (χ3n) is 6.30. The number of aliphatic hydroxyl groups is 1. The molecule has 0 aromatic carbocycles. The Morgan fingerprint density at radius 3 is 2.83 bits per heavy atom. The second-order valence-electron chi connectivity index (χ2n) is 7.84. The van der Waals surface area contributed by atoms with Gasteiger partial charge >= 0.3 is 0 Å². The van der Waals surface area contributed by atoms with Gasteiger partial charge in [0, 0.05) is 50.4 Å². The zero-order chi connectivity index (χ0) is 16.6. The van der Waals surface area contributed by atoms with E-state index < -0.39 is 5.60 Å². The van der Waals surface area contributed by atoms with Gasteiger partial charge in [0.2, 0.25) is 5.91 Å². The van der Waals surface area contributed by atoms with E-state index in [1.807, 2.05) is 11.1 Å². The van der Waals surface area contributed by atoms with E-state index in [9.17, 15) is 9.90 Å². The number of hydrogen-bond acceptors (Lipinski definition) is 4. The molecule has 2 atom stereocenters. The second kappa shape index (κ2) is 6.48. The van der Waals surface area contributed by atoms with Crippen molar-refractivity contribution in [3.8, 4) is 0 Å². The summed E-state index contributed by atoms with van der Waals surface area (Å²) in [5, 5.41) is 11.0. The van der Waals surface area contributed by atoms with E-state index in [1.165, 1.54) is 12.8 Å². The first-order valence-electron chi connectivity index (χ1n) is 9.36. The minimum absolute atomic E-state index is 0.153. The Kier molecular flexibility index (Phi) is 4.35. The summed E-state index contributed by atoms with van der Waals surface area (Å²) in [5.41, 5.74) is -0.591. The van der Waals surface area contributed by atoms with Crippen molar-refractivity contribution in [1.29, 1.82) is 0 Å². The molecule has 3 fully saturated rings. The zero-order valence-corrected chi connectivity index (χ0v) is 14.3. The number of aromatic amines is 1.